The lowest BCUT2D eigenvalue weighted by Crippen LogP contribution is -1.99. The molecule has 7 heteroatoms. The number of carbonyl (C=O) groups excluding carboxylic acids is 1. The first-order valence-corrected chi connectivity index (χ1v) is 9.48. The van der Waals surface area contributed by atoms with Gasteiger partial charge in [-0.2, -0.15) is 0 Å². The van der Waals surface area contributed by atoms with Crippen molar-refractivity contribution in [1.82, 2.24) is 4.98 Å². The second-order valence-electron chi connectivity index (χ2n) is 6.40. The summed E-state index contributed by atoms with van der Waals surface area (Å²) in [5.41, 5.74) is 2.02. The standard InChI is InChI=1S/C24H24N2O5/c1-28-20-11-8-17(14-22(20)30-3)19(27)10-7-16-6-5-13-25-24(16)26-18-9-12-21(29-2)23(15-18)31-4/h5-15H,1-4H3,(H,25,26)/b10-7+. The summed E-state index contributed by atoms with van der Waals surface area (Å²) in [7, 11) is 6.25. The lowest BCUT2D eigenvalue weighted by molar-refractivity contribution is 0.104. The van der Waals surface area contributed by atoms with Crippen LogP contribution in [0.5, 0.6) is 23.0 Å². The monoisotopic (exact) mass is 420 g/mol. The molecule has 3 aromatic rings. The van der Waals surface area contributed by atoms with Crippen LogP contribution in [0, 0.1) is 0 Å². The first kappa shape index (κ1) is 21.7. The number of nitrogens with zero attached hydrogens (tertiary/aromatic N) is 1. The van der Waals surface area contributed by atoms with Crippen molar-refractivity contribution >= 4 is 23.4 Å². The third kappa shape index (κ3) is 5.14. The number of ketones is 1. The van der Waals surface area contributed by atoms with Crippen LogP contribution in [0.3, 0.4) is 0 Å². The number of benzene rings is 2. The molecule has 0 saturated heterocycles. The number of hydrogen-bond acceptors (Lipinski definition) is 7. The Hall–Kier alpha value is -4.00. The molecule has 0 aliphatic heterocycles. The fourth-order valence-electron chi connectivity index (χ4n) is 2.96. The minimum absolute atomic E-state index is 0.165. The molecule has 31 heavy (non-hydrogen) atoms. The molecular formula is C24H24N2O5. The van der Waals surface area contributed by atoms with Gasteiger partial charge in [0.25, 0.3) is 0 Å². The number of anilines is 2. The van der Waals surface area contributed by atoms with Crippen molar-refractivity contribution in [3.05, 3.63) is 71.9 Å². The SMILES string of the molecule is COc1ccc(Nc2ncccc2/C=C/C(=O)c2ccc(OC)c(OC)c2)cc1OC. The van der Waals surface area contributed by atoms with Gasteiger partial charge in [-0.1, -0.05) is 0 Å². The Morgan fingerprint density at radius 2 is 1.48 bits per heavy atom. The van der Waals surface area contributed by atoms with Gasteiger partial charge in [-0.05, 0) is 54.6 Å². The number of hydrogen-bond donors (Lipinski definition) is 1. The molecule has 0 radical (unpaired) electrons. The number of aromatic nitrogens is 1. The summed E-state index contributed by atoms with van der Waals surface area (Å²) < 4.78 is 21.1. The van der Waals surface area contributed by atoms with Crippen LogP contribution in [0.4, 0.5) is 11.5 Å². The summed E-state index contributed by atoms with van der Waals surface area (Å²) in [6.07, 6.45) is 4.89. The first-order valence-electron chi connectivity index (χ1n) is 9.48. The van der Waals surface area contributed by atoms with Crippen molar-refractivity contribution in [3.63, 3.8) is 0 Å². The van der Waals surface area contributed by atoms with Gasteiger partial charge in [-0.25, -0.2) is 4.98 Å². The molecule has 7 nitrogen and oxygen atoms in total. The van der Waals surface area contributed by atoms with Crippen molar-refractivity contribution in [2.24, 2.45) is 0 Å². The molecule has 160 valence electrons. The minimum atomic E-state index is -0.165. The third-order valence-corrected chi connectivity index (χ3v) is 4.57. The van der Waals surface area contributed by atoms with Crippen LogP contribution < -0.4 is 24.3 Å². The summed E-state index contributed by atoms with van der Waals surface area (Å²) >= 11 is 0. The van der Waals surface area contributed by atoms with Crippen LogP contribution in [0.2, 0.25) is 0 Å². The lowest BCUT2D eigenvalue weighted by Gasteiger charge is -2.12. The molecule has 3 rings (SSSR count). The minimum Gasteiger partial charge on any atom is -0.493 e. The molecule has 0 aliphatic rings. The van der Waals surface area contributed by atoms with E-state index in [1.54, 1.807) is 63.9 Å². The number of pyridine rings is 1. The average molecular weight is 420 g/mol. The van der Waals surface area contributed by atoms with E-state index in [2.05, 4.69) is 10.3 Å². The molecule has 0 atom stereocenters. The van der Waals surface area contributed by atoms with Gasteiger partial charge in [0.2, 0.25) is 0 Å². The quantitative estimate of drug-likeness (QED) is 0.395. The summed E-state index contributed by atoms with van der Waals surface area (Å²) in [5, 5.41) is 3.25. The van der Waals surface area contributed by atoms with Crippen LogP contribution >= 0.6 is 0 Å². The van der Waals surface area contributed by atoms with Gasteiger partial charge in [0.1, 0.15) is 5.82 Å². The van der Waals surface area contributed by atoms with E-state index >= 15 is 0 Å². The molecule has 1 N–H and O–H groups in total. The topological polar surface area (TPSA) is 78.9 Å². The second kappa shape index (κ2) is 10.2. The van der Waals surface area contributed by atoms with E-state index in [0.29, 0.717) is 34.4 Å². The van der Waals surface area contributed by atoms with E-state index in [1.807, 2.05) is 18.2 Å². The van der Waals surface area contributed by atoms with E-state index in [-0.39, 0.29) is 5.78 Å². The number of allylic oxidation sites excluding steroid dienone is 1. The zero-order chi connectivity index (χ0) is 22.2. The second-order valence-corrected chi connectivity index (χ2v) is 6.40. The molecule has 0 spiro atoms. The van der Waals surface area contributed by atoms with Crippen LogP contribution in [-0.2, 0) is 0 Å². The molecule has 0 fully saturated rings. The number of nitrogens with one attached hydrogen (secondary N) is 1. The van der Waals surface area contributed by atoms with E-state index in [9.17, 15) is 4.79 Å². The highest BCUT2D eigenvalue weighted by molar-refractivity contribution is 6.07. The van der Waals surface area contributed by atoms with Crippen LogP contribution in [0.25, 0.3) is 6.08 Å². The molecular weight excluding hydrogens is 396 g/mol. The third-order valence-electron chi connectivity index (χ3n) is 4.57. The van der Waals surface area contributed by atoms with Crippen molar-refractivity contribution in [2.45, 2.75) is 0 Å². The maximum Gasteiger partial charge on any atom is 0.185 e. The smallest absolute Gasteiger partial charge is 0.185 e. The maximum absolute atomic E-state index is 12.7. The van der Waals surface area contributed by atoms with Gasteiger partial charge in [0.05, 0.1) is 28.4 Å². The van der Waals surface area contributed by atoms with Gasteiger partial charge in [0, 0.05) is 29.1 Å². The molecule has 1 heterocycles. The van der Waals surface area contributed by atoms with Crippen molar-refractivity contribution in [3.8, 4) is 23.0 Å². The summed E-state index contributed by atoms with van der Waals surface area (Å²) in [5.74, 6) is 2.74. The van der Waals surface area contributed by atoms with E-state index in [0.717, 1.165) is 11.3 Å². The Morgan fingerprint density at radius 1 is 0.839 bits per heavy atom. The van der Waals surface area contributed by atoms with Gasteiger partial charge >= 0.3 is 0 Å². The molecule has 0 unspecified atom stereocenters. The summed E-state index contributed by atoms with van der Waals surface area (Å²) in [6, 6.07) is 14.2. The number of methoxy groups -OCH3 is 4. The predicted molar refractivity (Wildman–Crippen MR) is 120 cm³/mol. The Kier molecular flexibility index (Phi) is 7.11. The molecule has 0 amide bonds. The van der Waals surface area contributed by atoms with Crippen LogP contribution in [-0.4, -0.2) is 39.2 Å². The Bertz CT molecular complexity index is 1100. The van der Waals surface area contributed by atoms with Gasteiger partial charge in [0.15, 0.2) is 28.8 Å². The maximum atomic E-state index is 12.7. The van der Waals surface area contributed by atoms with E-state index in [1.165, 1.54) is 13.2 Å². The highest BCUT2D eigenvalue weighted by atomic mass is 16.5. The zero-order valence-electron chi connectivity index (χ0n) is 17.8. The Morgan fingerprint density at radius 3 is 2.16 bits per heavy atom. The number of carbonyl (C=O) groups is 1. The number of rotatable bonds is 9. The Balaban J connectivity index is 1.82. The average Bonchev–Trinajstić information content (AvgIpc) is 2.82. The van der Waals surface area contributed by atoms with E-state index in [4.69, 9.17) is 18.9 Å². The van der Waals surface area contributed by atoms with Crippen molar-refractivity contribution in [2.75, 3.05) is 33.8 Å². The summed E-state index contributed by atoms with van der Waals surface area (Å²) in [4.78, 5) is 17.0. The Labute approximate surface area is 181 Å². The van der Waals surface area contributed by atoms with Crippen molar-refractivity contribution in [1.29, 1.82) is 0 Å². The summed E-state index contributed by atoms with van der Waals surface area (Å²) in [6.45, 7) is 0. The van der Waals surface area contributed by atoms with Gasteiger partial charge in [-0.3, -0.25) is 4.79 Å². The van der Waals surface area contributed by atoms with Gasteiger partial charge in [-0.15, -0.1) is 0 Å². The largest absolute Gasteiger partial charge is 0.493 e. The molecule has 0 saturated carbocycles. The normalized spacial score (nSPS) is 10.6. The van der Waals surface area contributed by atoms with Crippen LogP contribution in [0.1, 0.15) is 15.9 Å². The van der Waals surface area contributed by atoms with Crippen LogP contribution in [0.15, 0.2) is 60.8 Å². The highest BCUT2D eigenvalue weighted by Gasteiger charge is 2.10. The lowest BCUT2D eigenvalue weighted by atomic mass is 10.1. The van der Waals surface area contributed by atoms with E-state index < -0.39 is 0 Å². The number of ether oxygens (including phenoxy) is 4. The fourth-order valence-corrected chi connectivity index (χ4v) is 2.96. The highest BCUT2D eigenvalue weighted by Crippen LogP contribution is 2.32. The van der Waals surface area contributed by atoms with Crippen molar-refractivity contribution < 1.29 is 23.7 Å². The molecule has 0 aliphatic carbocycles. The first-order chi connectivity index (χ1) is 15.1. The molecule has 0 bridgehead atoms. The predicted octanol–water partition coefficient (Wildman–Crippen LogP) is 4.76. The zero-order valence-corrected chi connectivity index (χ0v) is 17.8. The van der Waals surface area contributed by atoms with Gasteiger partial charge < -0.3 is 24.3 Å². The molecule has 1 aromatic heterocycles. The molecule has 2 aromatic carbocycles. The fraction of sp³-hybridized carbons (Fsp3) is 0.167.